The number of rotatable bonds is 0. The summed E-state index contributed by atoms with van der Waals surface area (Å²) in [6.07, 6.45) is 6.92. The van der Waals surface area contributed by atoms with E-state index in [4.69, 9.17) is 0 Å². The van der Waals surface area contributed by atoms with Crippen LogP contribution < -0.4 is 0 Å². The number of hydrogen-bond donors (Lipinski definition) is 0. The second-order valence-electron chi connectivity index (χ2n) is 2.86. The first-order valence-electron chi connectivity index (χ1n) is 3.52. The van der Waals surface area contributed by atoms with Gasteiger partial charge in [-0.3, -0.25) is 0 Å². The van der Waals surface area contributed by atoms with Crippen LogP contribution in [0.25, 0.3) is 0 Å². The fraction of sp³-hybridized carbons (Fsp3) is 0.250. The summed E-state index contributed by atoms with van der Waals surface area (Å²) in [5, 5.41) is 0. The summed E-state index contributed by atoms with van der Waals surface area (Å²) in [4.78, 5) is 1.51. The molecule has 0 aromatic carbocycles. The molecule has 1 atom stereocenters. The van der Waals surface area contributed by atoms with Gasteiger partial charge in [-0.05, 0) is 0 Å². The normalized spacial score (nSPS) is 29.5. The molecule has 0 N–H and O–H groups in total. The van der Waals surface area contributed by atoms with E-state index in [2.05, 4.69) is 42.9 Å². The molecule has 1 unspecified atom stereocenters. The standard InChI is InChI=1S/C8H7S.Li/c1-6-4-7-2-3-9-8(7)5-6;/h2,4-5,7H,1H3;. The van der Waals surface area contributed by atoms with Crippen molar-refractivity contribution in [3.05, 3.63) is 32.3 Å². The van der Waals surface area contributed by atoms with Gasteiger partial charge in [0, 0.05) is 0 Å². The molecule has 0 saturated heterocycles. The molecular weight excluding hydrogens is 135 g/mol. The van der Waals surface area contributed by atoms with Gasteiger partial charge in [0.2, 0.25) is 0 Å². The number of fused-ring (bicyclic) bond motifs is 1. The Labute approximate surface area is 74.7 Å². The maximum absolute atomic E-state index is 2.33. The van der Waals surface area contributed by atoms with Crippen LogP contribution in [0.2, 0.25) is 0 Å². The average molecular weight is 142 g/mol. The first-order chi connectivity index (χ1) is 4.75. The fourth-order valence-corrected chi connectivity index (χ4v) is 2.54. The Kier molecular flexibility index (Phi) is 1.60. The van der Waals surface area contributed by atoms with E-state index in [1.807, 2.05) is 11.8 Å². The fourth-order valence-electron chi connectivity index (χ4n) is 1.43. The van der Waals surface area contributed by atoms with E-state index in [0.29, 0.717) is 5.92 Å². The molecule has 10 heavy (non-hydrogen) atoms. The predicted octanol–water partition coefficient (Wildman–Crippen LogP) is 2.20. The van der Waals surface area contributed by atoms with E-state index in [-0.39, 0.29) is 0 Å². The molecule has 2 aliphatic rings. The summed E-state index contributed by atoms with van der Waals surface area (Å²) in [6, 6.07) is 0. The van der Waals surface area contributed by atoms with E-state index in [1.54, 1.807) is 0 Å². The molecular formula is C8H7LiS. The Morgan fingerprint density at radius 3 is 3.00 bits per heavy atom. The van der Waals surface area contributed by atoms with E-state index in [1.165, 1.54) is 14.1 Å². The zero-order chi connectivity index (χ0) is 7.14. The Morgan fingerprint density at radius 2 is 2.30 bits per heavy atom. The first-order valence-corrected chi connectivity index (χ1v) is 4.33. The van der Waals surface area contributed by atoms with Crippen molar-refractivity contribution in [3.8, 4) is 0 Å². The summed E-state index contributed by atoms with van der Waals surface area (Å²) in [5.74, 6) is 0.630. The van der Waals surface area contributed by atoms with Crippen LogP contribution in [0.3, 0.4) is 0 Å². The number of hydrogen-bond acceptors (Lipinski definition) is 1. The van der Waals surface area contributed by atoms with Crippen molar-refractivity contribution in [3.63, 3.8) is 0 Å². The Hall–Kier alpha value is 0.167. The van der Waals surface area contributed by atoms with Crippen LogP contribution in [0.1, 0.15) is 6.92 Å². The van der Waals surface area contributed by atoms with Crippen LogP contribution in [-0.4, -0.2) is 17.7 Å². The summed E-state index contributed by atoms with van der Waals surface area (Å²) in [7, 11) is 0. The van der Waals surface area contributed by atoms with Crippen molar-refractivity contribution >= 4 is 29.5 Å². The summed E-state index contributed by atoms with van der Waals surface area (Å²) < 4.78 is 1.44. The summed E-state index contributed by atoms with van der Waals surface area (Å²) in [6.45, 7) is 2.16. The minimum absolute atomic E-state index is 0.630. The molecule has 2 rings (SSSR count). The zero-order valence-corrected chi connectivity index (χ0v) is 7.03. The maximum atomic E-state index is 2.33. The van der Waals surface area contributed by atoms with Gasteiger partial charge in [0.15, 0.2) is 0 Å². The van der Waals surface area contributed by atoms with Crippen LogP contribution in [0.4, 0.5) is 0 Å². The van der Waals surface area contributed by atoms with Crippen molar-refractivity contribution in [2.24, 2.45) is 5.92 Å². The number of thioether (sulfide) groups is 1. The molecule has 1 aliphatic carbocycles. The van der Waals surface area contributed by atoms with Crippen molar-refractivity contribution in [2.75, 3.05) is 0 Å². The van der Waals surface area contributed by atoms with Gasteiger partial charge in [0.25, 0.3) is 0 Å². The first kappa shape index (κ1) is 6.85. The Morgan fingerprint density at radius 1 is 1.50 bits per heavy atom. The summed E-state index contributed by atoms with van der Waals surface area (Å²) >= 11 is 4.08. The SMILES string of the molecule is [Li][C]1=CC2C=C(C)C=C2S1. The van der Waals surface area contributed by atoms with Crippen molar-refractivity contribution < 1.29 is 0 Å². The van der Waals surface area contributed by atoms with Crippen molar-refractivity contribution in [1.29, 1.82) is 0 Å². The topological polar surface area (TPSA) is 0 Å². The average Bonchev–Trinajstić information content (AvgIpc) is 2.21. The van der Waals surface area contributed by atoms with Gasteiger partial charge in [0.1, 0.15) is 0 Å². The second-order valence-corrected chi connectivity index (χ2v) is 4.18. The Bertz CT molecular complexity index is 260. The Balaban J connectivity index is 2.34. The molecule has 0 radical (unpaired) electrons. The minimum atomic E-state index is 0.630. The molecule has 2 heteroatoms. The molecule has 0 saturated carbocycles. The predicted molar refractivity (Wildman–Crippen MR) is 46.8 cm³/mol. The molecule has 0 spiro atoms. The molecule has 0 aromatic rings. The van der Waals surface area contributed by atoms with E-state index < -0.39 is 0 Å². The van der Waals surface area contributed by atoms with Gasteiger partial charge in [-0.2, -0.15) is 0 Å². The van der Waals surface area contributed by atoms with Gasteiger partial charge in [-0.1, -0.05) is 0 Å². The molecule has 0 aromatic heterocycles. The van der Waals surface area contributed by atoms with Gasteiger partial charge in [0.05, 0.1) is 0 Å². The van der Waals surface area contributed by atoms with Gasteiger partial charge in [-0.15, -0.1) is 0 Å². The van der Waals surface area contributed by atoms with Gasteiger partial charge < -0.3 is 0 Å². The monoisotopic (exact) mass is 142 g/mol. The van der Waals surface area contributed by atoms with Gasteiger partial charge in [-0.25, -0.2) is 0 Å². The van der Waals surface area contributed by atoms with Gasteiger partial charge >= 0.3 is 74.6 Å². The molecule has 0 nitrogen and oxygen atoms in total. The van der Waals surface area contributed by atoms with Crippen molar-refractivity contribution in [2.45, 2.75) is 6.92 Å². The zero-order valence-electron chi connectivity index (χ0n) is 6.22. The molecule has 0 fully saturated rings. The molecule has 0 amide bonds. The summed E-state index contributed by atoms with van der Waals surface area (Å²) in [5.41, 5.74) is 1.41. The van der Waals surface area contributed by atoms with Crippen LogP contribution in [0.15, 0.2) is 32.3 Å². The number of allylic oxidation sites excluding steroid dienone is 5. The quantitative estimate of drug-likeness (QED) is 0.467. The third kappa shape index (κ3) is 1.03. The molecule has 46 valence electrons. The molecule has 1 heterocycles. The van der Waals surface area contributed by atoms with Crippen LogP contribution >= 0.6 is 11.8 Å². The van der Waals surface area contributed by atoms with Crippen molar-refractivity contribution in [1.82, 2.24) is 0 Å². The van der Waals surface area contributed by atoms with Crippen LogP contribution in [-0.2, 0) is 0 Å². The third-order valence-electron chi connectivity index (χ3n) is 1.83. The molecule has 0 bridgehead atoms. The van der Waals surface area contributed by atoms with Crippen LogP contribution in [0.5, 0.6) is 0 Å². The third-order valence-corrected chi connectivity index (χ3v) is 2.92. The second kappa shape index (κ2) is 2.34. The van der Waals surface area contributed by atoms with E-state index >= 15 is 0 Å². The van der Waals surface area contributed by atoms with E-state index in [9.17, 15) is 0 Å². The van der Waals surface area contributed by atoms with E-state index in [0.717, 1.165) is 0 Å². The van der Waals surface area contributed by atoms with Crippen LogP contribution in [0, 0.1) is 5.92 Å². The molecule has 1 aliphatic heterocycles.